The van der Waals surface area contributed by atoms with Crippen molar-refractivity contribution in [2.75, 3.05) is 0 Å². The van der Waals surface area contributed by atoms with Crippen LogP contribution < -0.4 is 5.73 Å². The largest absolute Gasteiger partial charge is 0.321 e. The van der Waals surface area contributed by atoms with Crippen molar-refractivity contribution in [1.29, 1.82) is 0 Å². The summed E-state index contributed by atoms with van der Waals surface area (Å²) < 4.78 is 1.60. The van der Waals surface area contributed by atoms with Crippen molar-refractivity contribution >= 4 is 5.78 Å². The predicted octanol–water partition coefficient (Wildman–Crippen LogP) is 0.586. The highest BCUT2D eigenvalue weighted by Gasteiger charge is 2.19. The summed E-state index contributed by atoms with van der Waals surface area (Å²) in [5, 5.41) is 3.92. The molecule has 13 heavy (non-hydrogen) atoms. The molecule has 0 aromatic carbocycles. The van der Waals surface area contributed by atoms with Crippen molar-refractivity contribution in [3.8, 4) is 0 Å². The lowest BCUT2D eigenvalue weighted by molar-refractivity contribution is 0.0940. The van der Waals surface area contributed by atoms with Crippen LogP contribution in [0.1, 0.15) is 24.2 Å². The summed E-state index contributed by atoms with van der Waals surface area (Å²) in [7, 11) is 1.78. The first-order chi connectivity index (χ1) is 6.02. The standard InChI is InChI=1S/C9H15N3O/c1-6(2)8(10)9(13)7-4-11-12(3)5-7/h4-6,8H,10H2,1-3H3. The highest BCUT2D eigenvalue weighted by Crippen LogP contribution is 2.07. The minimum atomic E-state index is -0.427. The molecule has 4 nitrogen and oxygen atoms in total. The second-order valence-corrected chi connectivity index (χ2v) is 3.54. The Kier molecular flexibility index (Phi) is 2.83. The molecule has 1 atom stereocenters. The molecule has 4 heteroatoms. The first kappa shape index (κ1) is 9.92. The van der Waals surface area contributed by atoms with Crippen LogP contribution in [0.4, 0.5) is 0 Å². The summed E-state index contributed by atoms with van der Waals surface area (Å²) in [5.41, 5.74) is 6.30. The molecule has 0 fully saturated rings. The number of nitrogens with two attached hydrogens (primary N) is 1. The van der Waals surface area contributed by atoms with E-state index < -0.39 is 6.04 Å². The van der Waals surface area contributed by atoms with Crippen LogP contribution in [0.3, 0.4) is 0 Å². The molecular weight excluding hydrogens is 166 g/mol. The molecule has 72 valence electrons. The van der Waals surface area contributed by atoms with Crippen LogP contribution in [-0.2, 0) is 7.05 Å². The number of ketones is 1. The Hall–Kier alpha value is -1.16. The van der Waals surface area contributed by atoms with E-state index in [4.69, 9.17) is 5.73 Å². The Morgan fingerprint density at radius 3 is 2.62 bits per heavy atom. The van der Waals surface area contributed by atoms with Crippen LogP contribution >= 0.6 is 0 Å². The van der Waals surface area contributed by atoms with Gasteiger partial charge in [0.1, 0.15) is 0 Å². The molecular formula is C9H15N3O. The number of aromatic nitrogens is 2. The van der Waals surface area contributed by atoms with E-state index >= 15 is 0 Å². The number of hydrogen-bond acceptors (Lipinski definition) is 3. The van der Waals surface area contributed by atoms with Gasteiger partial charge in [0.2, 0.25) is 0 Å². The molecule has 0 radical (unpaired) electrons. The van der Waals surface area contributed by atoms with E-state index in [9.17, 15) is 4.79 Å². The number of aryl methyl sites for hydroxylation is 1. The first-order valence-electron chi connectivity index (χ1n) is 4.31. The van der Waals surface area contributed by atoms with E-state index in [0.29, 0.717) is 5.56 Å². The van der Waals surface area contributed by atoms with Crippen LogP contribution in [0.2, 0.25) is 0 Å². The van der Waals surface area contributed by atoms with Gasteiger partial charge in [-0.25, -0.2) is 0 Å². The lowest BCUT2D eigenvalue weighted by Crippen LogP contribution is -2.35. The van der Waals surface area contributed by atoms with E-state index in [-0.39, 0.29) is 11.7 Å². The van der Waals surface area contributed by atoms with Gasteiger partial charge in [-0.2, -0.15) is 5.10 Å². The van der Waals surface area contributed by atoms with Gasteiger partial charge in [-0.3, -0.25) is 9.48 Å². The molecule has 1 unspecified atom stereocenters. The van der Waals surface area contributed by atoms with Gasteiger partial charge in [-0.05, 0) is 5.92 Å². The lowest BCUT2D eigenvalue weighted by Gasteiger charge is -2.12. The van der Waals surface area contributed by atoms with E-state index in [2.05, 4.69) is 5.10 Å². The van der Waals surface area contributed by atoms with Crippen molar-refractivity contribution < 1.29 is 4.79 Å². The fourth-order valence-corrected chi connectivity index (χ4v) is 1.04. The van der Waals surface area contributed by atoms with Crippen molar-refractivity contribution in [2.24, 2.45) is 18.7 Å². The zero-order valence-corrected chi connectivity index (χ0v) is 8.19. The molecule has 0 aliphatic heterocycles. The maximum absolute atomic E-state index is 11.6. The molecule has 0 aliphatic carbocycles. The fraction of sp³-hybridized carbons (Fsp3) is 0.556. The highest BCUT2D eigenvalue weighted by molar-refractivity contribution is 5.99. The van der Waals surface area contributed by atoms with Crippen molar-refractivity contribution in [3.05, 3.63) is 18.0 Å². The topological polar surface area (TPSA) is 60.9 Å². The molecule has 2 N–H and O–H groups in total. The quantitative estimate of drug-likeness (QED) is 0.694. The molecule has 0 bridgehead atoms. The predicted molar refractivity (Wildman–Crippen MR) is 50.4 cm³/mol. The summed E-state index contributed by atoms with van der Waals surface area (Å²) in [6, 6.07) is -0.427. The van der Waals surface area contributed by atoms with Crippen LogP contribution in [-0.4, -0.2) is 21.6 Å². The van der Waals surface area contributed by atoms with Gasteiger partial charge in [0.15, 0.2) is 5.78 Å². The first-order valence-corrected chi connectivity index (χ1v) is 4.31. The third-order valence-corrected chi connectivity index (χ3v) is 2.01. The van der Waals surface area contributed by atoms with Gasteiger partial charge in [-0.1, -0.05) is 13.8 Å². The van der Waals surface area contributed by atoms with E-state index in [1.165, 1.54) is 0 Å². The number of carbonyl (C=O) groups is 1. The minimum Gasteiger partial charge on any atom is -0.321 e. The Balaban J connectivity index is 2.79. The zero-order valence-electron chi connectivity index (χ0n) is 8.19. The van der Waals surface area contributed by atoms with Crippen molar-refractivity contribution in [1.82, 2.24) is 9.78 Å². The highest BCUT2D eigenvalue weighted by atomic mass is 16.1. The Labute approximate surface area is 77.7 Å². The third kappa shape index (κ3) is 2.15. The van der Waals surface area contributed by atoms with E-state index in [1.54, 1.807) is 24.1 Å². The smallest absolute Gasteiger partial charge is 0.182 e. The zero-order chi connectivity index (χ0) is 10.0. The van der Waals surface area contributed by atoms with Gasteiger partial charge < -0.3 is 5.73 Å². The molecule has 0 saturated heterocycles. The summed E-state index contributed by atoms with van der Waals surface area (Å²) in [4.78, 5) is 11.6. The van der Waals surface area contributed by atoms with Crippen LogP contribution in [0.5, 0.6) is 0 Å². The van der Waals surface area contributed by atoms with Crippen LogP contribution in [0.25, 0.3) is 0 Å². The van der Waals surface area contributed by atoms with Gasteiger partial charge in [-0.15, -0.1) is 0 Å². The Morgan fingerprint density at radius 2 is 2.23 bits per heavy atom. The lowest BCUT2D eigenvalue weighted by atomic mass is 9.98. The molecule has 0 aliphatic rings. The number of nitrogens with zero attached hydrogens (tertiary/aromatic N) is 2. The molecule has 0 amide bonds. The Morgan fingerprint density at radius 1 is 1.62 bits per heavy atom. The van der Waals surface area contributed by atoms with E-state index in [0.717, 1.165) is 0 Å². The number of rotatable bonds is 3. The number of carbonyl (C=O) groups excluding carboxylic acids is 1. The summed E-state index contributed by atoms with van der Waals surface area (Å²) >= 11 is 0. The summed E-state index contributed by atoms with van der Waals surface area (Å²) in [6.45, 7) is 3.86. The average molecular weight is 181 g/mol. The van der Waals surface area contributed by atoms with Crippen LogP contribution in [0.15, 0.2) is 12.4 Å². The van der Waals surface area contributed by atoms with Gasteiger partial charge >= 0.3 is 0 Å². The van der Waals surface area contributed by atoms with Gasteiger partial charge in [0, 0.05) is 13.2 Å². The SMILES string of the molecule is CC(C)C(N)C(=O)c1cnn(C)c1. The fourth-order valence-electron chi connectivity index (χ4n) is 1.04. The third-order valence-electron chi connectivity index (χ3n) is 2.01. The molecule has 0 spiro atoms. The van der Waals surface area contributed by atoms with Crippen LogP contribution in [0, 0.1) is 5.92 Å². The second kappa shape index (κ2) is 3.70. The van der Waals surface area contributed by atoms with Crippen molar-refractivity contribution in [2.45, 2.75) is 19.9 Å². The average Bonchev–Trinajstić information content (AvgIpc) is 2.49. The van der Waals surface area contributed by atoms with Crippen molar-refractivity contribution in [3.63, 3.8) is 0 Å². The molecule has 1 heterocycles. The maximum Gasteiger partial charge on any atom is 0.182 e. The monoisotopic (exact) mass is 181 g/mol. The normalized spacial score (nSPS) is 13.3. The summed E-state index contributed by atoms with van der Waals surface area (Å²) in [6.07, 6.45) is 3.23. The van der Waals surface area contributed by atoms with Gasteiger partial charge in [0.25, 0.3) is 0 Å². The second-order valence-electron chi connectivity index (χ2n) is 3.54. The molecule has 0 saturated carbocycles. The van der Waals surface area contributed by atoms with Gasteiger partial charge in [0.05, 0.1) is 17.8 Å². The Bertz CT molecular complexity index is 304. The molecule has 1 rings (SSSR count). The minimum absolute atomic E-state index is 0.0388. The summed E-state index contributed by atoms with van der Waals surface area (Å²) in [5.74, 6) is 0.121. The van der Waals surface area contributed by atoms with E-state index in [1.807, 2.05) is 13.8 Å². The number of Topliss-reactive ketones (excluding diaryl/α,β-unsaturated/α-hetero) is 1. The maximum atomic E-state index is 11.6. The number of hydrogen-bond donors (Lipinski definition) is 1. The molecule has 1 aromatic heterocycles. The molecule has 1 aromatic rings.